The summed E-state index contributed by atoms with van der Waals surface area (Å²) in [7, 11) is -3.72. The Morgan fingerprint density at radius 3 is 1.20 bits per heavy atom. The summed E-state index contributed by atoms with van der Waals surface area (Å²) in [4.78, 5) is 78.6. The number of hydrazine groups is 1. The van der Waals surface area contributed by atoms with Gasteiger partial charge in [0.05, 0.1) is 0 Å². The lowest BCUT2D eigenvalue weighted by Crippen LogP contribution is -2.62. The largest absolute Gasteiger partial charge is 0.430 e. The van der Waals surface area contributed by atoms with Crippen molar-refractivity contribution in [3.05, 3.63) is 167 Å². The topological polar surface area (TPSA) is 193 Å². The summed E-state index contributed by atoms with van der Waals surface area (Å²) in [5.41, 5.74) is -13.8. The summed E-state index contributed by atoms with van der Waals surface area (Å²) in [5.74, 6) is -4.49. The lowest BCUT2D eigenvalue weighted by Gasteiger charge is -2.46. The number of aliphatic hydroxyl groups is 1. The number of piperazine rings is 2. The van der Waals surface area contributed by atoms with E-state index in [0.29, 0.717) is 27.7 Å². The van der Waals surface area contributed by atoms with Gasteiger partial charge in [-0.05, 0) is 77.8 Å². The van der Waals surface area contributed by atoms with Gasteiger partial charge < -0.3 is 19.3 Å². The van der Waals surface area contributed by atoms with Crippen LogP contribution in [0.25, 0.3) is 0 Å². The van der Waals surface area contributed by atoms with Crippen LogP contribution in [-0.2, 0) is 28.7 Å². The number of amides is 6. The van der Waals surface area contributed by atoms with E-state index in [0.717, 1.165) is 85.5 Å². The lowest BCUT2D eigenvalue weighted by molar-refractivity contribution is -0.376. The number of hydrogen-bond acceptors (Lipinski definition) is 12. The van der Waals surface area contributed by atoms with Crippen molar-refractivity contribution in [2.24, 2.45) is 0 Å². The van der Waals surface area contributed by atoms with E-state index in [2.05, 4.69) is 30.6 Å². The molecule has 3 N–H and O–H groups in total. The SMILES string of the molecule is CC(C)(C)[Si](C)(C)OC(c1ccc(CN2CCN(C(=O)c3ccc(N(C(=O)Nc4ccncn4)N(C(=O)Nc4ccncn4)c4ccc(C(=O)N5CCN(Cc6ccc(C(O)(C(F)(F)F)C(F)(F)F)cc6)CC5)cc4F)c(F)c3)CC2)cc1)(C(F)(F)F)C(F)(F)F. The molecule has 2 saturated heterocycles. The van der Waals surface area contributed by atoms with Crippen LogP contribution in [0.5, 0.6) is 0 Å². The highest BCUT2D eigenvalue weighted by atomic mass is 28.4. The molecule has 6 aromatic rings. The Morgan fingerprint density at radius 2 is 0.890 bits per heavy atom. The molecule has 0 radical (unpaired) electrons. The zero-order valence-corrected chi connectivity index (χ0v) is 49.9. The molecular formula is C58H58F14N12O6Si. The van der Waals surface area contributed by atoms with Gasteiger partial charge in [-0.2, -0.15) is 62.7 Å². The molecule has 33 heteroatoms. The molecule has 8 rings (SSSR count). The van der Waals surface area contributed by atoms with Crippen LogP contribution in [0.15, 0.2) is 122 Å². The molecule has 0 saturated carbocycles. The van der Waals surface area contributed by atoms with Gasteiger partial charge in [-0.25, -0.2) is 38.3 Å². The van der Waals surface area contributed by atoms with Crippen LogP contribution in [0, 0.1) is 11.6 Å². The maximum absolute atomic E-state index is 17.0. The normalized spacial score (nSPS) is 15.3. The van der Waals surface area contributed by atoms with Crippen molar-refractivity contribution in [1.29, 1.82) is 0 Å². The number of aromatic nitrogens is 4. The van der Waals surface area contributed by atoms with Crippen molar-refractivity contribution in [3.8, 4) is 0 Å². The molecule has 4 heterocycles. The van der Waals surface area contributed by atoms with Gasteiger partial charge in [-0.15, -0.1) is 0 Å². The minimum absolute atomic E-state index is 0.00502. The van der Waals surface area contributed by atoms with Gasteiger partial charge in [0.1, 0.15) is 47.3 Å². The van der Waals surface area contributed by atoms with Gasteiger partial charge in [0.25, 0.3) is 23.0 Å². The van der Waals surface area contributed by atoms with Gasteiger partial charge in [0.2, 0.25) is 0 Å². The Labute approximate surface area is 511 Å². The van der Waals surface area contributed by atoms with Crippen LogP contribution in [0.1, 0.15) is 63.7 Å². The zero-order valence-electron chi connectivity index (χ0n) is 48.9. The van der Waals surface area contributed by atoms with Gasteiger partial charge in [-0.3, -0.25) is 30.0 Å². The monoisotopic (exact) mass is 1310 g/mol. The summed E-state index contributed by atoms with van der Waals surface area (Å²) < 4.78 is 208. The minimum Gasteiger partial charge on any atom is -0.393 e. The van der Waals surface area contributed by atoms with Crippen molar-refractivity contribution in [1.82, 2.24) is 39.5 Å². The molecule has 0 atom stereocenters. The molecule has 0 aliphatic carbocycles. The van der Waals surface area contributed by atoms with Crippen LogP contribution < -0.4 is 20.7 Å². The fourth-order valence-electron chi connectivity index (χ4n) is 9.78. The molecule has 4 aromatic carbocycles. The van der Waals surface area contributed by atoms with Crippen molar-refractivity contribution >= 4 is 55.2 Å². The predicted molar refractivity (Wildman–Crippen MR) is 303 cm³/mol. The van der Waals surface area contributed by atoms with E-state index in [4.69, 9.17) is 4.43 Å². The van der Waals surface area contributed by atoms with E-state index in [1.54, 1.807) is 9.80 Å². The number of anilines is 4. The highest BCUT2D eigenvalue weighted by molar-refractivity contribution is 6.74. The number of hydrogen-bond donors (Lipinski definition) is 3. The number of carbonyl (C=O) groups excluding carboxylic acids is 4. The van der Waals surface area contributed by atoms with Crippen molar-refractivity contribution in [3.63, 3.8) is 0 Å². The fraction of sp³-hybridized carbons (Fsp3) is 0.379. The molecule has 2 fully saturated rings. The van der Waals surface area contributed by atoms with Crippen molar-refractivity contribution < 1.29 is 90.2 Å². The van der Waals surface area contributed by atoms with Gasteiger partial charge in [0, 0.05) is 100 Å². The van der Waals surface area contributed by atoms with E-state index in [1.165, 1.54) is 68.2 Å². The van der Waals surface area contributed by atoms with Crippen molar-refractivity contribution in [2.45, 2.75) is 87.9 Å². The molecule has 0 spiro atoms. The van der Waals surface area contributed by atoms with Gasteiger partial charge >= 0.3 is 36.8 Å². The molecule has 0 unspecified atom stereocenters. The summed E-state index contributed by atoms with van der Waals surface area (Å²) in [6.45, 7) is 7.69. The van der Waals surface area contributed by atoms with Crippen LogP contribution in [0.4, 0.5) is 94.1 Å². The van der Waals surface area contributed by atoms with E-state index in [-0.39, 0.29) is 93.8 Å². The quantitative estimate of drug-likeness (QED) is 0.0532. The Bertz CT molecular complexity index is 3540. The Balaban J connectivity index is 1.00. The van der Waals surface area contributed by atoms with E-state index >= 15 is 8.78 Å². The first-order valence-corrected chi connectivity index (χ1v) is 30.5. The predicted octanol–water partition coefficient (Wildman–Crippen LogP) is 11.8. The molecule has 18 nitrogen and oxygen atoms in total. The first-order chi connectivity index (χ1) is 42.4. The number of halogens is 14. The second-order valence-electron chi connectivity index (χ2n) is 22.8. The van der Waals surface area contributed by atoms with E-state index < -0.39 is 107 Å². The third-order valence-electron chi connectivity index (χ3n) is 15.8. The number of rotatable bonds is 14. The maximum atomic E-state index is 17.0. The second kappa shape index (κ2) is 26.1. The molecule has 2 aliphatic heterocycles. The van der Waals surface area contributed by atoms with Gasteiger partial charge in [-0.1, -0.05) is 69.3 Å². The lowest BCUT2D eigenvalue weighted by atomic mass is 9.91. The smallest absolute Gasteiger partial charge is 0.393 e. The van der Waals surface area contributed by atoms with Gasteiger partial charge in [0.15, 0.2) is 8.32 Å². The third-order valence-corrected chi connectivity index (χ3v) is 20.2. The van der Waals surface area contributed by atoms with E-state index in [1.807, 2.05) is 0 Å². The average molecular weight is 1310 g/mol. The molecule has 6 amide bonds. The Morgan fingerprint density at radius 1 is 0.527 bits per heavy atom. The molecule has 2 aliphatic rings. The number of urea groups is 2. The molecule has 2 aromatic heterocycles. The number of nitrogens with zero attached hydrogens (tertiary/aromatic N) is 10. The third kappa shape index (κ3) is 14.5. The molecule has 488 valence electrons. The van der Waals surface area contributed by atoms with Crippen LogP contribution in [-0.4, -0.2) is 154 Å². The molecule has 0 bridgehead atoms. The first-order valence-electron chi connectivity index (χ1n) is 27.6. The minimum atomic E-state index is -6.08. The first kappa shape index (κ1) is 68.5. The Kier molecular flexibility index (Phi) is 19.6. The second-order valence-corrected chi connectivity index (χ2v) is 27.5. The number of carbonyl (C=O) groups is 4. The summed E-state index contributed by atoms with van der Waals surface area (Å²) in [6.07, 6.45) is -19.4. The van der Waals surface area contributed by atoms with Crippen LogP contribution in [0.3, 0.4) is 0 Å². The highest BCUT2D eigenvalue weighted by Gasteiger charge is 2.75. The Hall–Kier alpha value is -8.40. The number of nitrogens with one attached hydrogen (secondary N) is 2. The fourth-order valence-corrected chi connectivity index (χ4v) is 11.2. The maximum Gasteiger partial charge on any atom is 0.430 e. The molecule has 91 heavy (non-hydrogen) atoms. The summed E-state index contributed by atoms with van der Waals surface area (Å²) >= 11 is 0. The zero-order chi connectivity index (χ0) is 66.9. The number of alkyl halides is 12. The summed E-state index contributed by atoms with van der Waals surface area (Å²) in [5, 5.41) is 14.2. The van der Waals surface area contributed by atoms with E-state index in [9.17, 15) is 77.0 Å². The standard InChI is InChI=1S/C58H58F14N12O6Si/c1-52(2,3)91(4,5)90-54(57(67,68)69,58(70,71)72)41-14-8-37(9-15-41)33-80-24-28-82(29-25-80)49(86)39-11-17-45(43(60)31-39)84(51(88)78-47-19-21-74-35-76-47)83(50(87)77-46-18-20-73-34-75-46)44-16-10-38(30-42(44)59)48(85)81-26-22-79(23-27-81)32-36-6-12-40(13-7-36)53(89,55(61,62)63)56(64,65)66/h6-21,30-31,34-35,89H,22-29,32-33H2,1-5H3,(H,73,75,77,87)(H,74,76,78,88). The number of benzene rings is 4. The van der Waals surface area contributed by atoms with Crippen LogP contribution >= 0.6 is 0 Å². The average Bonchev–Trinajstić information content (AvgIpc) is 0.739. The molecular weight excluding hydrogens is 1250 g/mol. The van der Waals surface area contributed by atoms with Crippen molar-refractivity contribution in [2.75, 3.05) is 73.0 Å². The highest BCUT2D eigenvalue weighted by Crippen LogP contribution is 2.57. The van der Waals surface area contributed by atoms with Crippen LogP contribution in [0.2, 0.25) is 18.1 Å². The summed E-state index contributed by atoms with van der Waals surface area (Å²) in [6, 6.07) is 12.1.